The molecule has 0 bridgehead atoms. The van der Waals surface area contributed by atoms with Crippen LogP contribution in [0, 0.1) is 17.5 Å². The number of rotatable bonds is 6. The minimum Gasteiger partial charge on any atom is -0.458 e. The summed E-state index contributed by atoms with van der Waals surface area (Å²) in [6.45, 7) is -2.95. The zero-order valence-corrected chi connectivity index (χ0v) is 14.6. The van der Waals surface area contributed by atoms with Gasteiger partial charge in [-0.15, -0.1) is 0 Å². The fourth-order valence-electron chi connectivity index (χ4n) is 2.33. The van der Waals surface area contributed by atoms with Gasteiger partial charge in [0.05, 0.1) is 6.61 Å². The first-order valence-corrected chi connectivity index (χ1v) is 7.91. The summed E-state index contributed by atoms with van der Waals surface area (Å²) in [7, 11) is 0. The summed E-state index contributed by atoms with van der Waals surface area (Å²) in [6, 6.07) is 6.86. The van der Waals surface area contributed by atoms with Gasteiger partial charge in [-0.2, -0.15) is 26.3 Å². The first-order chi connectivity index (χ1) is 13.8. The van der Waals surface area contributed by atoms with Gasteiger partial charge >= 0.3 is 23.9 Å². The molecule has 0 fully saturated rings. The molecule has 0 amide bonds. The molecule has 0 radical (unpaired) electrons. The molecule has 0 aliphatic rings. The van der Waals surface area contributed by atoms with Crippen molar-refractivity contribution in [1.29, 1.82) is 0 Å². The Morgan fingerprint density at radius 2 is 1.30 bits per heavy atom. The van der Waals surface area contributed by atoms with Gasteiger partial charge in [-0.1, -0.05) is 30.3 Å². The molecular weight excluding hydrogens is 435 g/mol. The molecule has 2 aromatic rings. The third-order valence-corrected chi connectivity index (χ3v) is 3.84. The monoisotopic (exact) mass is 446 g/mol. The van der Waals surface area contributed by atoms with E-state index in [1.807, 2.05) is 0 Å². The van der Waals surface area contributed by atoms with Crippen LogP contribution in [0.5, 0.6) is 0 Å². The second-order valence-corrected chi connectivity index (χ2v) is 5.88. The van der Waals surface area contributed by atoms with Gasteiger partial charge in [0.1, 0.15) is 24.1 Å². The lowest BCUT2D eigenvalue weighted by atomic mass is 10.0. The van der Waals surface area contributed by atoms with Crippen molar-refractivity contribution in [2.45, 2.75) is 31.2 Å². The van der Waals surface area contributed by atoms with E-state index in [0.717, 1.165) is 0 Å². The predicted molar refractivity (Wildman–Crippen MR) is 82.2 cm³/mol. The van der Waals surface area contributed by atoms with Crippen molar-refractivity contribution in [3.05, 3.63) is 71.0 Å². The smallest absolute Gasteiger partial charge is 0.437 e. The SMILES string of the molecule is O=C(OCc1ccccc1)C(OCc1c(F)cc(F)cc1F)(C(F)(F)F)C(F)(F)F. The summed E-state index contributed by atoms with van der Waals surface area (Å²) in [4.78, 5) is 11.9. The van der Waals surface area contributed by atoms with E-state index in [4.69, 9.17) is 0 Å². The summed E-state index contributed by atoms with van der Waals surface area (Å²) >= 11 is 0. The summed E-state index contributed by atoms with van der Waals surface area (Å²) < 4.78 is 129. The molecule has 12 heteroatoms. The van der Waals surface area contributed by atoms with Crippen molar-refractivity contribution in [2.75, 3.05) is 0 Å². The third-order valence-electron chi connectivity index (χ3n) is 3.84. The van der Waals surface area contributed by atoms with Crippen LogP contribution in [0.4, 0.5) is 39.5 Å². The number of ether oxygens (including phenoxy) is 2. The normalized spacial score (nSPS) is 12.7. The van der Waals surface area contributed by atoms with Gasteiger partial charge in [0.15, 0.2) is 0 Å². The minimum atomic E-state index is -6.41. The number of carbonyl (C=O) groups is 1. The van der Waals surface area contributed by atoms with Gasteiger partial charge in [0.2, 0.25) is 0 Å². The van der Waals surface area contributed by atoms with Gasteiger partial charge < -0.3 is 9.47 Å². The van der Waals surface area contributed by atoms with E-state index in [9.17, 15) is 44.3 Å². The van der Waals surface area contributed by atoms with Crippen LogP contribution in [0.3, 0.4) is 0 Å². The van der Waals surface area contributed by atoms with Crippen molar-refractivity contribution < 1.29 is 53.8 Å². The van der Waals surface area contributed by atoms with Crippen LogP contribution in [0.1, 0.15) is 11.1 Å². The van der Waals surface area contributed by atoms with Crippen LogP contribution >= 0.6 is 0 Å². The topological polar surface area (TPSA) is 35.5 Å². The quantitative estimate of drug-likeness (QED) is 0.451. The fourth-order valence-corrected chi connectivity index (χ4v) is 2.33. The molecule has 0 N–H and O–H groups in total. The van der Waals surface area contributed by atoms with E-state index >= 15 is 0 Å². The van der Waals surface area contributed by atoms with Crippen molar-refractivity contribution >= 4 is 5.97 Å². The lowest BCUT2D eigenvalue weighted by Crippen LogP contribution is -2.64. The van der Waals surface area contributed by atoms with Crippen molar-refractivity contribution in [1.82, 2.24) is 0 Å². The molecule has 2 rings (SSSR count). The zero-order valence-electron chi connectivity index (χ0n) is 14.6. The number of alkyl halides is 6. The van der Waals surface area contributed by atoms with Crippen LogP contribution < -0.4 is 0 Å². The molecule has 30 heavy (non-hydrogen) atoms. The molecule has 0 saturated carbocycles. The second kappa shape index (κ2) is 8.54. The van der Waals surface area contributed by atoms with Crippen molar-refractivity contribution in [3.63, 3.8) is 0 Å². The Balaban J connectivity index is 2.40. The Labute approximate surface area is 163 Å². The Bertz CT molecular complexity index is 855. The molecule has 0 saturated heterocycles. The van der Waals surface area contributed by atoms with Gasteiger partial charge in [-0.25, -0.2) is 18.0 Å². The lowest BCUT2D eigenvalue weighted by Gasteiger charge is -2.34. The van der Waals surface area contributed by atoms with Gasteiger partial charge in [0, 0.05) is 17.7 Å². The van der Waals surface area contributed by atoms with Crippen molar-refractivity contribution in [3.8, 4) is 0 Å². The minimum absolute atomic E-state index is 0.0261. The lowest BCUT2D eigenvalue weighted by molar-refractivity contribution is -0.372. The summed E-state index contributed by atoms with van der Waals surface area (Å²) in [5.74, 6) is -7.95. The molecule has 164 valence electrons. The van der Waals surface area contributed by atoms with Crippen LogP contribution in [0.15, 0.2) is 42.5 Å². The molecule has 0 unspecified atom stereocenters. The maximum absolute atomic E-state index is 13.6. The van der Waals surface area contributed by atoms with Crippen molar-refractivity contribution in [2.24, 2.45) is 0 Å². The number of benzene rings is 2. The highest BCUT2D eigenvalue weighted by Crippen LogP contribution is 2.47. The molecule has 0 heterocycles. The van der Waals surface area contributed by atoms with E-state index < -0.39 is 60.2 Å². The third kappa shape index (κ3) is 4.69. The standard InChI is InChI=1S/C18H11F9O3/c19-11-6-13(20)12(14(21)7-11)9-30-16(17(22,23)24,18(25,26)27)15(28)29-8-10-4-2-1-3-5-10/h1-7H,8-9H2. The summed E-state index contributed by atoms with van der Waals surface area (Å²) in [5, 5.41) is 0. The number of esters is 1. The molecular formula is C18H11F9O3. The number of hydrogen-bond donors (Lipinski definition) is 0. The van der Waals surface area contributed by atoms with E-state index in [1.54, 1.807) is 0 Å². The van der Waals surface area contributed by atoms with Crippen LogP contribution in [-0.4, -0.2) is 23.9 Å². The number of hydrogen-bond acceptors (Lipinski definition) is 3. The molecule has 0 aliphatic carbocycles. The molecule has 0 aliphatic heterocycles. The van der Waals surface area contributed by atoms with E-state index in [2.05, 4.69) is 9.47 Å². The summed E-state index contributed by atoms with van der Waals surface area (Å²) in [6.07, 6.45) is -12.8. The number of carbonyl (C=O) groups excluding carboxylic acids is 1. The highest BCUT2D eigenvalue weighted by Gasteiger charge is 2.78. The van der Waals surface area contributed by atoms with Gasteiger partial charge in [0.25, 0.3) is 0 Å². The summed E-state index contributed by atoms with van der Waals surface area (Å²) in [5.41, 5.74) is -6.91. The fraction of sp³-hybridized carbons (Fsp3) is 0.278. The average molecular weight is 446 g/mol. The van der Waals surface area contributed by atoms with E-state index in [-0.39, 0.29) is 17.7 Å². The number of halogens is 9. The van der Waals surface area contributed by atoms with E-state index in [1.165, 1.54) is 30.3 Å². The van der Waals surface area contributed by atoms with E-state index in [0.29, 0.717) is 0 Å². The first kappa shape index (κ1) is 23.5. The second-order valence-electron chi connectivity index (χ2n) is 5.88. The Morgan fingerprint density at radius 1 is 0.800 bits per heavy atom. The highest BCUT2D eigenvalue weighted by molar-refractivity contribution is 5.82. The average Bonchev–Trinajstić information content (AvgIpc) is 2.60. The Hall–Kier alpha value is -2.76. The predicted octanol–water partition coefficient (Wildman–Crippen LogP) is 5.23. The Morgan fingerprint density at radius 3 is 1.77 bits per heavy atom. The van der Waals surface area contributed by atoms with Gasteiger partial charge in [-0.3, -0.25) is 0 Å². The Kier molecular flexibility index (Phi) is 6.70. The molecule has 3 nitrogen and oxygen atoms in total. The maximum atomic E-state index is 13.6. The zero-order chi connectivity index (χ0) is 22.7. The molecule has 0 spiro atoms. The first-order valence-electron chi connectivity index (χ1n) is 7.91. The highest BCUT2D eigenvalue weighted by atomic mass is 19.4. The van der Waals surface area contributed by atoms with Crippen LogP contribution in [0.25, 0.3) is 0 Å². The molecule has 2 aromatic carbocycles. The van der Waals surface area contributed by atoms with Crippen LogP contribution in [0.2, 0.25) is 0 Å². The maximum Gasteiger partial charge on any atom is 0.437 e. The molecule has 0 atom stereocenters. The molecule has 0 aromatic heterocycles. The van der Waals surface area contributed by atoms with Gasteiger partial charge in [-0.05, 0) is 5.56 Å². The largest absolute Gasteiger partial charge is 0.458 e. The van der Waals surface area contributed by atoms with Crippen LogP contribution in [-0.2, 0) is 27.5 Å².